The maximum absolute atomic E-state index is 12.1. The quantitative estimate of drug-likeness (QED) is 0.287. The van der Waals surface area contributed by atoms with Crippen LogP contribution in [0.3, 0.4) is 0 Å². The lowest BCUT2D eigenvalue weighted by atomic mass is 9.92. The van der Waals surface area contributed by atoms with Crippen LogP contribution < -0.4 is 0 Å². The molecule has 0 aromatic rings. The van der Waals surface area contributed by atoms with Crippen LogP contribution in [-0.2, 0) is 28.2 Å². The molecule has 7 heteroatoms. The normalized spacial score (nSPS) is 33.5. The summed E-state index contributed by atoms with van der Waals surface area (Å²) in [5.41, 5.74) is 1.09. The lowest BCUT2D eigenvalue weighted by Gasteiger charge is -2.36. The van der Waals surface area contributed by atoms with Crippen molar-refractivity contribution in [1.29, 1.82) is 0 Å². The predicted molar refractivity (Wildman–Crippen MR) is 115 cm³/mol. The number of ether oxygens (including phenoxy) is 4. The molecule has 2 aliphatic heterocycles. The Morgan fingerprint density at radius 3 is 2.47 bits per heavy atom. The van der Waals surface area contributed by atoms with E-state index >= 15 is 0 Å². The molecule has 2 saturated heterocycles. The van der Waals surface area contributed by atoms with Gasteiger partial charge in [-0.15, -0.1) is 5.73 Å². The minimum absolute atomic E-state index is 0.317. The highest BCUT2D eigenvalue weighted by Gasteiger charge is 2.58. The molecule has 2 fully saturated rings. The van der Waals surface area contributed by atoms with Crippen LogP contribution in [0.2, 0.25) is 19.6 Å². The van der Waals surface area contributed by atoms with Gasteiger partial charge in [-0.1, -0.05) is 24.5 Å². The summed E-state index contributed by atoms with van der Waals surface area (Å²) < 4.78 is 30.4. The Hall–Kier alpha value is -1.49. The molecule has 164 valence electrons. The van der Waals surface area contributed by atoms with Gasteiger partial charge in [0.2, 0.25) is 0 Å². The summed E-state index contributed by atoms with van der Waals surface area (Å²) in [4.78, 5) is 12.1. The maximum Gasteiger partial charge on any atom is 0.186 e. The molecule has 0 aromatic carbocycles. The summed E-state index contributed by atoms with van der Waals surface area (Å²) in [6.07, 6.45) is 4.09. The fourth-order valence-electron chi connectivity index (χ4n) is 4.13. The molecule has 1 aliphatic carbocycles. The van der Waals surface area contributed by atoms with Crippen LogP contribution in [0.5, 0.6) is 0 Å². The predicted octanol–water partition coefficient (Wildman–Crippen LogP) is 3.49. The molecule has 0 spiro atoms. The standard InChI is InChI=1S/C23H32O6Si/c1-9-13-22(29-30(6,7)8,19-15-25-20(2,3)27-19)14-12-17-10-11-18-23(17,16-24)28-21(4,5)26-18/h10,13,16,18-19H,1,11,15H2,2-8H3/t18-,19+,22-,23+/m1/s1. The second kappa shape index (κ2) is 7.58. The highest BCUT2D eigenvalue weighted by molar-refractivity contribution is 6.69. The number of hydrogen-bond acceptors (Lipinski definition) is 6. The Balaban J connectivity index is 2.04. The van der Waals surface area contributed by atoms with Crippen molar-refractivity contribution < 1.29 is 28.2 Å². The number of hydrogen-bond donors (Lipinski definition) is 0. The highest BCUT2D eigenvalue weighted by atomic mass is 28.4. The van der Waals surface area contributed by atoms with Crippen LogP contribution in [0.25, 0.3) is 0 Å². The molecule has 4 atom stereocenters. The van der Waals surface area contributed by atoms with Gasteiger partial charge in [0, 0.05) is 11.6 Å². The van der Waals surface area contributed by atoms with Gasteiger partial charge in [0.05, 0.1) is 6.61 Å². The van der Waals surface area contributed by atoms with Gasteiger partial charge in [0.25, 0.3) is 0 Å². The van der Waals surface area contributed by atoms with Gasteiger partial charge in [0.1, 0.15) is 12.2 Å². The first kappa shape index (κ1) is 23.2. The fraction of sp³-hybridized carbons (Fsp3) is 0.652. The topological polar surface area (TPSA) is 63.2 Å². The molecule has 0 radical (unpaired) electrons. The summed E-state index contributed by atoms with van der Waals surface area (Å²) >= 11 is 0. The molecule has 0 aromatic heterocycles. The lowest BCUT2D eigenvalue weighted by Crippen LogP contribution is -2.50. The molecule has 3 aliphatic rings. The second-order valence-corrected chi connectivity index (χ2v) is 14.2. The average Bonchev–Trinajstić information content (AvgIpc) is 3.20. The Bertz CT molecular complexity index is 851. The molecule has 0 bridgehead atoms. The molecule has 0 saturated carbocycles. The van der Waals surface area contributed by atoms with Crippen molar-refractivity contribution in [3.63, 3.8) is 0 Å². The summed E-state index contributed by atoms with van der Waals surface area (Å²) in [5.74, 6) is 4.82. The minimum Gasteiger partial charge on any atom is -0.396 e. The van der Waals surface area contributed by atoms with Gasteiger partial charge in [-0.05, 0) is 53.8 Å². The summed E-state index contributed by atoms with van der Waals surface area (Å²) in [6, 6.07) is 0. The van der Waals surface area contributed by atoms with Gasteiger partial charge < -0.3 is 23.4 Å². The summed E-state index contributed by atoms with van der Waals surface area (Å²) in [6.45, 7) is 17.6. The van der Waals surface area contributed by atoms with Gasteiger partial charge in [-0.2, -0.15) is 0 Å². The summed E-state index contributed by atoms with van der Waals surface area (Å²) in [7, 11) is -2.08. The number of rotatable bonds is 5. The van der Waals surface area contributed by atoms with Crippen molar-refractivity contribution in [2.45, 2.75) is 88.7 Å². The Kier molecular flexibility index (Phi) is 5.85. The molecule has 30 heavy (non-hydrogen) atoms. The van der Waals surface area contributed by atoms with Crippen LogP contribution >= 0.6 is 0 Å². The number of carbonyl (C=O) groups is 1. The monoisotopic (exact) mass is 432 g/mol. The van der Waals surface area contributed by atoms with E-state index in [2.05, 4.69) is 43.8 Å². The van der Waals surface area contributed by atoms with E-state index in [1.165, 1.54) is 0 Å². The van der Waals surface area contributed by atoms with Crippen LogP contribution in [0, 0.1) is 11.8 Å². The van der Waals surface area contributed by atoms with Crippen LogP contribution in [0.4, 0.5) is 0 Å². The van der Waals surface area contributed by atoms with E-state index in [9.17, 15) is 4.79 Å². The van der Waals surface area contributed by atoms with E-state index in [0.29, 0.717) is 18.6 Å². The van der Waals surface area contributed by atoms with E-state index in [-0.39, 0.29) is 6.10 Å². The largest absolute Gasteiger partial charge is 0.396 e. The fourth-order valence-corrected chi connectivity index (χ4v) is 5.38. The first-order valence-corrected chi connectivity index (χ1v) is 13.6. The zero-order valence-electron chi connectivity index (χ0n) is 19.0. The SMILES string of the molecule is C=C=C[C@](C#CC1=CC[C@H]2OC(C)(C)O[C@@]12C=O)(O[Si](C)(C)C)[C@@H]1COC(C)(C)O1. The Morgan fingerprint density at radius 1 is 1.23 bits per heavy atom. The van der Waals surface area contributed by atoms with Gasteiger partial charge in [-0.25, -0.2) is 0 Å². The van der Waals surface area contributed by atoms with Gasteiger partial charge >= 0.3 is 0 Å². The van der Waals surface area contributed by atoms with Crippen molar-refractivity contribution >= 4 is 14.6 Å². The third kappa shape index (κ3) is 4.41. The van der Waals surface area contributed by atoms with Crippen molar-refractivity contribution in [2.24, 2.45) is 0 Å². The van der Waals surface area contributed by atoms with Gasteiger partial charge in [-0.3, -0.25) is 4.79 Å². The number of aldehydes is 1. The number of fused-ring (bicyclic) bond motifs is 1. The molecular weight excluding hydrogens is 400 g/mol. The lowest BCUT2D eigenvalue weighted by molar-refractivity contribution is -0.161. The first-order chi connectivity index (χ1) is 13.8. The van der Waals surface area contributed by atoms with E-state index in [4.69, 9.17) is 23.4 Å². The average molecular weight is 433 g/mol. The number of carbonyl (C=O) groups excluding carboxylic acids is 1. The van der Waals surface area contributed by atoms with Crippen molar-refractivity contribution in [1.82, 2.24) is 0 Å². The molecule has 0 N–H and O–H groups in total. The van der Waals surface area contributed by atoms with E-state index in [1.807, 2.05) is 19.9 Å². The van der Waals surface area contributed by atoms with E-state index < -0.39 is 37.2 Å². The third-order valence-corrected chi connectivity index (χ3v) is 6.07. The van der Waals surface area contributed by atoms with Gasteiger partial charge in [0.15, 0.2) is 37.4 Å². The smallest absolute Gasteiger partial charge is 0.186 e. The highest BCUT2D eigenvalue weighted by Crippen LogP contribution is 2.45. The summed E-state index contributed by atoms with van der Waals surface area (Å²) in [5, 5.41) is 0. The van der Waals surface area contributed by atoms with Crippen molar-refractivity contribution in [3.8, 4) is 11.8 Å². The molecule has 0 unspecified atom stereocenters. The van der Waals surface area contributed by atoms with Crippen LogP contribution in [0.1, 0.15) is 34.1 Å². The van der Waals surface area contributed by atoms with Crippen LogP contribution in [0.15, 0.2) is 30.0 Å². The molecule has 0 amide bonds. The molecule has 2 heterocycles. The first-order valence-electron chi connectivity index (χ1n) is 10.2. The Labute approximate surface area is 180 Å². The zero-order chi connectivity index (χ0) is 22.4. The van der Waals surface area contributed by atoms with Crippen molar-refractivity contribution in [2.75, 3.05) is 6.61 Å². The van der Waals surface area contributed by atoms with E-state index in [1.54, 1.807) is 19.9 Å². The third-order valence-electron chi connectivity index (χ3n) is 5.12. The van der Waals surface area contributed by atoms with E-state index in [0.717, 1.165) is 6.29 Å². The molecule has 3 rings (SSSR count). The molecule has 6 nitrogen and oxygen atoms in total. The zero-order valence-corrected chi connectivity index (χ0v) is 20.0. The van der Waals surface area contributed by atoms with Crippen molar-refractivity contribution in [3.05, 3.63) is 30.0 Å². The van der Waals surface area contributed by atoms with Crippen LogP contribution in [-0.4, -0.2) is 56.2 Å². The Morgan fingerprint density at radius 2 is 1.93 bits per heavy atom. The molecular formula is C23H32O6Si. The minimum atomic E-state index is -2.08. The second-order valence-electron chi connectivity index (χ2n) is 9.80. The maximum atomic E-state index is 12.1.